The number of nitrogens with one attached hydrogen (secondary N) is 1. The van der Waals surface area contributed by atoms with Gasteiger partial charge in [-0.25, -0.2) is 0 Å². The number of para-hydroxylation sites is 1. The van der Waals surface area contributed by atoms with Gasteiger partial charge < -0.3 is 19.6 Å². The maximum atomic E-state index is 9.97. The number of hydrogen-bond donors (Lipinski definition) is 2. The molecule has 1 atom stereocenters. The molecule has 2 aromatic rings. The Morgan fingerprint density at radius 3 is 3.06 bits per heavy atom. The molecule has 98 valence electrons. The predicted molar refractivity (Wildman–Crippen MR) is 70.9 cm³/mol. The highest BCUT2D eigenvalue weighted by Gasteiger charge is 2.14. The number of benzene rings is 1. The summed E-state index contributed by atoms with van der Waals surface area (Å²) < 4.78 is 10.5. The standard InChI is InChI=1S/C13H16ClNO3/c1-17-6-5-15-8-11(16)12-7-9-3-2-4-10(14)13(9)18-12/h2-4,7,11,15-16H,5-6,8H2,1H3. The average molecular weight is 270 g/mol. The number of aliphatic hydroxyl groups excluding tert-OH is 1. The molecule has 0 amide bonds. The molecule has 0 spiro atoms. The summed E-state index contributed by atoms with van der Waals surface area (Å²) in [6.45, 7) is 1.72. The minimum absolute atomic E-state index is 0.417. The summed E-state index contributed by atoms with van der Waals surface area (Å²) >= 11 is 6.01. The molecule has 2 rings (SSSR count). The van der Waals surface area contributed by atoms with Crippen molar-refractivity contribution in [1.82, 2.24) is 5.32 Å². The Balaban J connectivity index is 2.04. The lowest BCUT2D eigenvalue weighted by atomic mass is 10.2. The SMILES string of the molecule is COCCNCC(O)c1cc2cccc(Cl)c2o1. The molecule has 0 aliphatic heterocycles. The minimum Gasteiger partial charge on any atom is -0.457 e. The average Bonchev–Trinajstić information content (AvgIpc) is 2.80. The van der Waals surface area contributed by atoms with Gasteiger partial charge in [0.1, 0.15) is 11.9 Å². The van der Waals surface area contributed by atoms with E-state index in [2.05, 4.69) is 5.32 Å². The van der Waals surface area contributed by atoms with Gasteiger partial charge in [0.15, 0.2) is 5.58 Å². The van der Waals surface area contributed by atoms with E-state index in [1.807, 2.05) is 18.2 Å². The summed E-state index contributed by atoms with van der Waals surface area (Å²) in [5, 5.41) is 14.5. The second-order valence-electron chi connectivity index (χ2n) is 4.02. The first kappa shape index (κ1) is 13.4. The summed E-state index contributed by atoms with van der Waals surface area (Å²) in [4.78, 5) is 0. The third-order valence-corrected chi connectivity index (χ3v) is 2.96. The normalized spacial score (nSPS) is 13.1. The maximum Gasteiger partial charge on any atom is 0.152 e. The van der Waals surface area contributed by atoms with Crippen LogP contribution in [0.5, 0.6) is 0 Å². The molecule has 1 aromatic heterocycles. The van der Waals surface area contributed by atoms with Crippen LogP contribution in [-0.4, -0.2) is 31.9 Å². The fourth-order valence-electron chi connectivity index (χ4n) is 1.73. The third kappa shape index (κ3) is 3.03. The molecular formula is C13H16ClNO3. The molecule has 0 radical (unpaired) electrons. The van der Waals surface area contributed by atoms with Crippen molar-refractivity contribution in [2.75, 3.05) is 26.8 Å². The summed E-state index contributed by atoms with van der Waals surface area (Å²) in [7, 11) is 1.64. The van der Waals surface area contributed by atoms with E-state index in [1.165, 1.54) is 0 Å². The molecule has 18 heavy (non-hydrogen) atoms. The van der Waals surface area contributed by atoms with Crippen LogP contribution in [0.1, 0.15) is 11.9 Å². The van der Waals surface area contributed by atoms with Gasteiger partial charge in [0.2, 0.25) is 0 Å². The van der Waals surface area contributed by atoms with Gasteiger partial charge in [-0.15, -0.1) is 0 Å². The Bertz CT molecular complexity index is 512. The Kier molecular flexibility index (Phi) is 4.60. The van der Waals surface area contributed by atoms with Crippen LogP contribution in [-0.2, 0) is 4.74 Å². The highest BCUT2D eigenvalue weighted by atomic mass is 35.5. The van der Waals surface area contributed by atoms with Crippen LogP contribution in [0, 0.1) is 0 Å². The quantitative estimate of drug-likeness (QED) is 0.791. The molecule has 2 N–H and O–H groups in total. The molecule has 1 unspecified atom stereocenters. The van der Waals surface area contributed by atoms with E-state index >= 15 is 0 Å². The summed E-state index contributed by atoms with van der Waals surface area (Å²) in [5.74, 6) is 0.517. The van der Waals surface area contributed by atoms with E-state index in [0.717, 1.165) is 5.39 Å². The van der Waals surface area contributed by atoms with Crippen LogP contribution in [0.25, 0.3) is 11.0 Å². The zero-order valence-electron chi connectivity index (χ0n) is 10.1. The number of halogens is 1. The number of hydrogen-bond acceptors (Lipinski definition) is 4. The van der Waals surface area contributed by atoms with Crippen LogP contribution in [0.15, 0.2) is 28.7 Å². The monoisotopic (exact) mass is 269 g/mol. The molecule has 0 bridgehead atoms. The predicted octanol–water partition coefficient (Wildman–Crippen LogP) is 2.36. The van der Waals surface area contributed by atoms with Gasteiger partial charge in [-0.3, -0.25) is 0 Å². The van der Waals surface area contributed by atoms with Gasteiger partial charge >= 0.3 is 0 Å². The van der Waals surface area contributed by atoms with Crippen molar-refractivity contribution in [2.45, 2.75) is 6.10 Å². The van der Waals surface area contributed by atoms with Crippen LogP contribution in [0.4, 0.5) is 0 Å². The second-order valence-corrected chi connectivity index (χ2v) is 4.43. The van der Waals surface area contributed by atoms with Gasteiger partial charge in [-0.1, -0.05) is 23.7 Å². The van der Waals surface area contributed by atoms with Crippen LogP contribution >= 0.6 is 11.6 Å². The number of rotatable bonds is 6. The molecule has 0 aliphatic rings. The number of aliphatic hydroxyl groups is 1. The number of ether oxygens (including phenoxy) is 1. The molecular weight excluding hydrogens is 254 g/mol. The topological polar surface area (TPSA) is 54.6 Å². The van der Waals surface area contributed by atoms with Crippen LogP contribution in [0.3, 0.4) is 0 Å². The van der Waals surface area contributed by atoms with Crippen molar-refractivity contribution in [3.63, 3.8) is 0 Å². The Morgan fingerprint density at radius 1 is 1.50 bits per heavy atom. The lowest BCUT2D eigenvalue weighted by molar-refractivity contribution is 0.142. The molecule has 1 aromatic carbocycles. The molecule has 0 aliphatic carbocycles. The number of furan rings is 1. The Morgan fingerprint density at radius 2 is 2.33 bits per heavy atom. The molecule has 0 saturated carbocycles. The largest absolute Gasteiger partial charge is 0.457 e. The van der Waals surface area contributed by atoms with E-state index in [-0.39, 0.29) is 0 Å². The highest BCUT2D eigenvalue weighted by Crippen LogP contribution is 2.29. The second kappa shape index (κ2) is 6.20. The molecule has 0 fully saturated rings. The lowest BCUT2D eigenvalue weighted by Gasteiger charge is -2.08. The summed E-state index contributed by atoms with van der Waals surface area (Å²) in [6, 6.07) is 7.33. The van der Waals surface area contributed by atoms with Crippen molar-refractivity contribution in [2.24, 2.45) is 0 Å². The molecule has 0 saturated heterocycles. The van der Waals surface area contributed by atoms with Gasteiger partial charge in [0, 0.05) is 25.6 Å². The Hall–Kier alpha value is -1.07. The van der Waals surface area contributed by atoms with E-state index in [1.54, 1.807) is 13.2 Å². The zero-order valence-corrected chi connectivity index (χ0v) is 10.9. The first-order valence-corrected chi connectivity index (χ1v) is 6.16. The van der Waals surface area contributed by atoms with Crippen molar-refractivity contribution < 1.29 is 14.3 Å². The van der Waals surface area contributed by atoms with Crippen molar-refractivity contribution in [1.29, 1.82) is 0 Å². The first-order valence-electron chi connectivity index (χ1n) is 5.78. The smallest absolute Gasteiger partial charge is 0.152 e. The summed E-state index contributed by atoms with van der Waals surface area (Å²) in [6.07, 6.45) is -0.690. The van der Waals surface area contributed by atoms with Gasteiger partial charge in [0.05, 0.1) is 11.6 Å². The summed E-state index contributed by atoms with van der Waals surface area (Å²) in [5.41, 5.74) is 0.616. The van der Waals surface area contributed by atoms with Gasteiger partial charge in [-0.2, -0.15) is 0 Å². The first-order chi connectivity index (χ1) is 8.72. The van der Waals surface area contributed by atoms with E-state index in [4.69, 9.17) is 20.8 Å². The number of fused-ring (bicyclic) bond motifs is 1. The minimum atomic E-state index is -0.690. The lowest BCUT2D eigenvalue weighted by Crippen LogP contribution is -2.24. The van der Waals surface area contributed by atoms with Gasteiger partial charge in [-0.05, 0) is 12.1 Å². The molecule has 5 heteroatoms. The third-order valence-electron chi connectivity index (χ3n) is 2.66. The molecule has 4 nitrogen and oxygen atoms in total. The number of methoxy groups -OCH3 is 1. The fourth-order valence-corrected chi connectivity index (χ4v) is 1.95. The van der Waals surface area contributed by atoms with Crippen molar-refractivity contribution in [3.8, 4) is 0 Å². The van der Waals surface area contributed by atoms with Crippen molar-refractivity contribution >= 4 is 22.6 Å². The van der Waals surface area contributed by atoms with Crippen LogP contribution in [0.2, 0.25) is 5.02 Å². The Labute approximate surface area is 110 Å². The van der Waals surface area contributed by atoms with E-state index in [0.29, 0.717) is 36.1 Å². The zero-order chi connectivity index (χ0) is 13.0. The van der Waals surface area contributed by atoms with Gasteiger partial charge in [0.25, 0.3) is 0 Å². The maximum absolute atomic E-state index is 9.97. The van der Waals surface area contributed by atoms with E-state index < -0.39 is 6.10 Å². The van der Waals surface area contributed by atoms with Crippen molar-refractivity contribution in [3.05, 3.63) is 35.0 Å². The van der Waals surface area contributed by atoms with Crippen LogP contribution < -0.4 is 5.32 Å². The molecule has 1 heterocycles. The highest BCUT2D eigenvalue weighted by molar-refractivity contribution is 6.34. The van der Waals surface area contributed by atoms with E-state index in [9.17, 15) is 5.11 Å². The fraction of sp³-hybridized carbons (Fsp3) is 0.385.